The van der Waals surface area contributed by atoms with Crippen LogP contribution in [-0.2, 0) is 9.53 Å². The van der Waals surface area contributed by atoms with Gasteiger partial charge in [0.1, 0.15) is 11.8 Å². The Kier molecular flexibility index (Phi) is 3.20. The molecule has 0 spiro atoms. The molecule has 8 nitrogen and oxygen atoms in total. The first-order valence-corrected chi connectivity index (χ1v) is 6.43. The summed E-state index contributed by atoms with van der Waals surface area (Å²) in [5.74, 6) is -1.37. The van der Waals surface area contributed by atoms with E-state index in [2.05, 4.69) is 15.0 Å². The maximum absolute atomic E-state index is 14.4. The zero-order chi connectivity index (χ0) is 15.1. The number of rotatable bonds is 3. The first-order chi connectivity index (χ1) is 9.99. The Hall–Kier alpha value is -2.29. The average molecular weight is 295 g/mol. The molecule has 112 valence electrons. The quantitative estimate of drug-likeness (QED) is 0.858. The largest absolute Gasteiger partial charge is 0.481 e. The SMILES string of the molecule is C[C@H]1[C@H](F)[C@H](n2cnc3c(N)ncnc32)O[C@@H]1CC(=O)O. The number of carboxylic acid groups (broad SMARTS) is 1. The maximum Gasteiger partial charge on any atom is 0.305 e. The number of alkyl halides is 1. The molecule has 0 aliphatic carbocycles. The molecule has 2 aromatic rings. The third kappa shape index (κ3) is 2.19. The van der Waals surface area contributed by atoms with Crippen molar-refractivity contribution in [3.05, 3.63) is 12.7 Å². The number of anilines is 1. The van der Waals surface area contributed by atoms with Gasteiger partial charge in [0.25, 0.3) is 0 Å². The number of halogens is 1. The van der Waals surface area contributed by atoms with Crippen LogP contribution < -0.4 is 5.73 Å². The molecule has 3 rings (SSSR count). The molecule has 2 aromatic heterocycles. The van der Waals surface area contributed by atoms with Crippen molar-refractivity contribution in [2.75, 3.05) is 5.73 Å². The van der Waals surface area contributed by atoms with Crippen molar-refractivity contribution in [3.8, 4) is 0 Å². The normalized spacial score (nSPS) is 29.0. The van der Waals surface area contributed by atoms with Crippen LogP contribution in [-0.4, -0.2) is 42.9 Å². The van der Waals surface area contributed by atoms with E-state index in [1.54, 1.807) is 6.92 Å². The first kappa shape index (κ1) is 13.7. The third-order valence-corrected chi connectivity index (χ3v) is 3.71. The van der Waals surface area contributed by atoms with E-state index in [1.807, 2.05) is 0 Å². The Labute approximate surface area is 118 Å². The molecular weight excluding hydrogens is 281 g/mol. The molecule has 21 heavy (non-hydrogen) atoms. The van der Waals surface area contributed by atoms with E-state index in [0.29, 0.717) is 11.2 Å². The average Bonchev–Trinajstić information content (AvgIpc) is 2.96. The molecule has 1 aliphatic rings. The first-order valence-electron chi connectivity index (χ1n) is 6.43. The lowest BCUT2D eigenvalue weighted by Gasteiger charge is -2.15. The number of nitrogens with zero attached hydrogens (tertiary/aromatic N) is 4. The van der Waals surface area contributed by atoms with Gasteiger partial charge in [-0.25, -0.2) is 19.3 Å². The van der Waals surface area contributed by atoms with E-state index in [0.717, 1.165) is 0 Å². The van der Waals surface area contributed by atoms with Crippen molar-refractivity contribution in [1.29, 1.82) is 0 Å². The molecule has 0 amide bonds. The van der Waals surface area contributed by atoms with Crippen LogP contribution in [0.25, 0.3) is 11.2 Å². The predicted molar refractivity (Wildman–Crippen MR) is 70.0 cm³/mol. The van der Waals surface area contributed by atoms with Gasteiger partial charge < -0.3 is 15.6 Å². The molecular formula is C12H14FN5O3. The van der Waals surface area contributed by atoms with Crippen LogP contribution >= 0.6 is 0 Å². The van der Waals surface area contributed by atoms with Crippen LogP contribution in [0.5, 0.6) is 0 Å². The number of aliphatic carboxylic acids is 1. The van der Waals surface area contributed by atoms with E-state index in [1.165, 1.54) is 17.2 Å². The van der Waals surface area contributed by atoms with Crippen LogP contribution in [0.4, 0.5) is 10.2 Å². The van der Waals surface area contributed by atoms with Crippen molar-refractivity contribution in [2.45, 2.75) is 31.8 Å². The van der Waals surface area contributed by atoms with Gasteiger partial charge in [-0.1, -0.05) is 6.92 Å². The lowest BCUT2D eigenvalue weighted by molar-refractivity contribution is -0.141. The number of nitrogen functional groups attached to an aromatic ring is 1. The van der Waals surface area contributed by atoms with Crippen molar-refractivity contribution in [1.82, 2.24) is 19.5 Å². The number of ether oxygens (including phenoxy) is 1. The third-order valence-electron chi connectivity index (χ3n) is 3.71. The maximum atomic E-state index is 14.4. The summed E-state index contributed by atoms with van der Waals surface area (Å²) in [6, 6.07) is 0. The Bertz CT molecular complexity index is 691. The zero-order valence-corrected chi connectivity index (χ0v) is 11.2. The number of hydrogen-bond acceptors (Lipinski definition) is 6. The summed E-state index contributed by atoms with van der Waals surface area (Å²) < 4.78 is 21.4. The fourth-order valence-corrected chi connectivity index (χ4v) is 2.52. The van der Waals surface area contributed by atoms with Gasteiger partial charge in [0.2, 0.25) is 0 Å². The highest BCUT2D eigenvalue weighted by molar-refractivity contribution is 5.81. The zero-order valence-electron chi connectivity index (χ0n) is 11.2. The smallest absolute Gasteiger partial charge is 0.305 e. The predicted octanol–water partition coefficient (Wildman–Crippen LogP) is 0.755. The fourth-order valence-electron chi connectivity index (χ4n) is 2.52. The summed E-state index contributed by atoms with van der Waals surface area (Å²) in [7, 11) is 0. The van der Waals surface area contributed by atoms with Crippen LogP contribution in [0.15, 0.2) is 12.7 Å². The second-order valence-electron chi connectivity index (χ2n) is 5.05. The number of aromatic nitrogens is 4. The highest BCUT2D eigenvalue weighted by Gasteiger charge is 2.44. The lowest BCUT2D eigenvalue weighted by Crippen LogP contribution is -2.21. The number of nitrogens with two attached hydrogens (primary N) is 1. The van der Waals surface area contributed by atoms with Crippen LogP contribution in [0.3, 0.4) is 0 Å². The van der Waals surface area contributed by atoms with Gasteiger partial charge in [-0.3, -0.25) is 9.36 Å². The van der Waals surface area contributed by atoms with Crippen molar-refractivity contribution < 1.29 is 19.0 Å². The van der Waals surface area contributed by atoms with E-state index in [9.17, 15) is 9.18 Å². The molecule has 1 fully saturated rings. The highest BCUT2D eigenvalue weighted by atomic mass is 19.1. The Morgan fingerprint density at radius 3 is 3.00 bits per heavy atom. The lowest BCUT2D eigenvalue weighted by atomic mass is 9.99. The molecule has 3 heterocycles. The Morgan fingerprint density at radius 2 is 2.29 bits per heavy atom. The van der Waals surface area contributed by atoms with Crippen LogP contribution in [0, 0.1) is 5.92 Å². The number of carboxylic acids is 1. The van der Waals surface area contributed by atoms with E-state index in [-0.39, 0.29) is 12.2 Å². The van der Waals surface area contributed by atoms with Crippen molar-refractivity contribution >= 4 is 23.0 Å². The second-order valence-corrected chi connectivity index (χ2v) is 5.05. The van der Waals surface area contributed by atoms with Gasteiger partial charge in [-0.05, 0) is 0 Å². The van der Waals surface area contributed by atoms with Crippen molar-refractivity contribution in [2.24, 2.45) is 5.92 Å². The summed E-state index contributed by atoms with van der Waals surface area (Å²) in [4.78, 5) is 22.7. The molecule has 1 saturated heterocycles. The summed E-state index contributed by atoms with van der Waals surface area (Å²) in [5.41, 5.74) is 6.41. The highest BCUT2D eigenvalue weighted by Crippen LogP contribution is 2.38. The van der Waals surface area contributed by atoms with Gasteiger partial charge in [0.05, 0.1) is 18.9 Å². The molecule has 4 atom stereocenters. The van der Waals surface area contributed by atoms with Crippen molar-refractivity contribution in [3.63, 3.8) is 0 Å². The van der Waals surface area contributed by atoms with Gasteiger partial charge in [0.15, 0.2) is 23.9 Å². The molecule has 0 aromatic carbocycles. The number of imidazole rings is 1. The summed E-state index contributed by atoms with van der Waals surface area (Å²) >= 11 is 0. The van der Waals surface area contributed by atoms with E-state index in [4.69, 9.17) is 15.6 Å². The Morgan fingerprint density at radius 1 is 1.52 bits per heavy atom. The van der Waals surface area contributed by atoms with E-state index < -0.39 is 30.4 Å². The minimum Gasteiger partial charge on any atom is -0.481 e. The molecule has 0 bridgehead atoms. The minimum absolute atomic E-state index is 0.197. The molecule has 1 aliphatic heterocycles. The second kappa shape index (κ2) is 4.92. The van der Waals surface area contributed by atoms with Gasteiger partial charge >= 0.3 is 5.97 Å². The Balaban J connectivity index is 1.96. The molecule has 0 unspecified atom stereocenters. The van der Waals surface area contributed by atoms with E-state index >= 15 is 0 Å². The van der Waals surface area contributed by atoms with Gasteiger partial charge in [0, 0.05) is 5.92 Å². The number of hydrogen-bond donors (Lipinski definition) is 2. The molecule has 9 heteroatoms. The summed E-state index contributed by atoms with van der Waals surface area (Å²) in [6.07, 6.45) is -0.633. The monoisotopic (exact) mass is 295 g/mol. The molecule has 3 N–H and O–H groups in total. The fraction of sp³-hybridized carbons (Fsp3) is 0.500. The van der Waals surface area contributed by atoms with Crippen LogP contribution in [0.2, 0.25) is 0 Å². The summed E-state index contributed by atoms with van der Waals surface area (Å²) in [5, 5.41) is 8.84. The van der Waals surface area contributed by atoms with Gasteiger partial charge in [-0.2, -0.15) is 0 Å². The summed E-state index contributed by atoms with van der Waals surface area (Å²) in [6.45, 7) is 1.63. The standard InChI is InChI=1S/C12H14FN5O3/c1-5-6(2-7(19)20)21-12(8(5)13)18-4-17-9-10(14)15-3-16-11(9)18/h3-6,8,12H,2H2,1H3,(H,19,20)(H2,14,15,16)/t5-,6-,8+,12-/m1/s1. The molecule has 0 saturated carbocycles. The minimum atomic E-state index is -1.36. The van der Waals surface area contributed by atoms with Crippen LogP contribution in [0.1, 0.15) is 19.6 Å². The number of fused-ring (bicyclic) bond motifs is 1. The topological polar surface area (TPSA) is 116 Å². The molecule has 0 radical (unpaired) electrons. The van der Waals surface area contributed by atoms with Gasteiger partial charge in [-0.15, -0.1) is 0 Å². The number of carbonyl (C=O) groups is 1.